The van der Waals surface area contributed by atoms with E-state index >= 15 is 0 Å². The highest BCUT2D eigenvalue weighted by Gasteiger charge is 2.37. The standard InChI is InChI=1S/C27H36N2/c1-16(2)25-21-13-12-18(27(21)29-14-6-11-24(25)29)15-17(3)26-19-7-4-9-22(19)28-23-10-5-8-20(23)26/h16-18H,4-15H2,1-3H3. The lowest BCUT2D eigenvalue weighted by atomic mass is 9.83. The van der Waals surface area contributed by atoms with E-state index in [1.165, 1.54) is 88.6 Å². The molecule has 0 saturated carbocycles. The number of pyridine rings is 1. The van der Waals surface area contributed by atoms with Gasteiger partial charge < -0.3 is 4.57 Å². The second kappa shape index (κ2) is 6.72. The SMILES string of the molecule is CC(C)c1c2c(n3c1CCC3)C(CC(C)c1c3c(nc4c1CCC4)CCC3)CC2. The Morgan fingerprint density at radius 2 is 1.55 bits per heavy atom. The van der Waals surface area contributed by atoms with Crippen molar-refractivity contribution in [3.63, 3.8) is 0 Å². The van der Waals surface area contributed by atoms with Gasteiger partial charge in [0.05, 0.1) is 0 Å². The first-order valence-electron chi connectivity index (χ1n) is 12.4. The van der Waals surface area contributed by atoms with Gasteiger partial charge in [0.2, 0.25) is 0 Å². The Bertz CT molecular complexity index is 945. The third kappa shape index (κ3) is 2.63. The average Bonchev–Trinajstić information content (AvgIpc) is 3.46. The monoisotopic (exact) mass is 388 g/mol. The number of hydrogen-bond acceptors (Lipinski definition) is 1. The number of aromatic nitrogens is 2. The summed E-state index contributed by atoms with van der Waals surface area (Å²) in [6.45, 7) is 8.64. The molecular formula is C27H36N2. The number of nitrogens with zero attached hydrogens (tertiary/aromatic N) is 2. The molecule has 0 amide bonds. The molecule has 0 fully saturated rings. The van der Waals surface area contributed by atoms with Crippen molar-refractivity contribution >= 4 is 0 Å². The molecule has 1 aliphatic heterocycles. The molecule has 3 aliphatic carbocycles. The van der Waals surface area contributed by atoms with Crippen molar-refractivity contribution in [2.75, 3.05) is 0 Å². The number of aryl methyl sites for hydroxylation is 2. The van der Waals surface area contributed by atoms with Crippen LogP contribution < -0.4 is 0 Å². The van der Waals surface area contributed by atoms with Crippen molar-refractivity contribution in [2.24, 2.45) is 0 Å². The van der Waals surface area contributed by atoms with Gasteiger partial charge in [0.1, 0.15) is 0 Å². The Balaban J connectivity index is 1.37. The van der Waals surface area contributed by atoms with Gasteiger partial charge in [0, 0.05) is 35.2 Å². The van der Waals surface area contributed by atoms with E-state index in [0.29, 0.717) is 11.8 Å². The van der Waals surface area contributed by atoms with Gasteiger partial charge in [-0.25, -0.2) is 0 Å². The van der Waals surface area contributed by atoms with Crippen LogP contribution in [0.4, 0.5) is 0 Å². The highest BCUT2D eigenvalue weighted by Crippen LogP contribution is 2.48. The Labute approximate surface area is 176 Å². The lowest BCUT2D eigenvalue weighted by molar-refractivity contribution is 0.520. The molecule has 2 aromatic rings. The lowest BCUT2D eigenvalue weighted by Gasteiger charge is -2.24. The number of hydrogen-bond donors (Lipinski definition) is 0. The van der Waals surface area contributed by atoms with Crippen molar-refractivity contribution < 1.29 is 0 Å². The van der Waals surface area contributed by atoms with Crippen LogP contribution in [0.3, 0.4) is 0 Å². The molecular weight excluding hydrogens is 352 g/mol. The fourth-order valence-corrected chi connectivity index (χ4v) is 7.56. The normalized spacial score (nSPS) is 22.8. The van der Waals surface area contributed by atoms with Crippen LogP contribution in [0.25, 0.3) is 0 Å². The molecule has 29 heavy (non-hydrogen) atoms. The van der Waals surface area contributed by atoms with Gasteiger partial charge >= 0.3 is 0 Å². The average molecular weight is 389 g/mol. The quantitative estimate of drug-likeness (QED) is 0.614. The first-order chi connectivity index (χ1) is 14.1. The maximum absolute atomic E-state index is 5.11. The molecule has 0 saturated heterocycles. The third-order valence-electron chi connectivity index (χ3n) is 8.49. The molecule has 2 heteroatoms. The molecule has 0 N–H and O–H groups in total. The summed E-state index contributed by atoms with van der Waals surface area (Å²) in [6.07, 6.45) is 14.4. The fourth-order valence-electron chi connectivity index (χ4n) is 7.56. The van der Waals surface area contributed by atoms with Crippen LogP contribution in [0.1, 0.15) is 121 Å². The van der Waals surface area contributed by atoms with Crippen LogP contribution in [0.2, 0.25) is 0 Å². The van der Waals surface area contributed by atoms with Crippen LogP contribution in [0.15, 0.2) is 0 Å². The van der Waals surface area contributed by atoms with Gasteiger partial charge in [0.15, 0.2) is 0 Å². The second-order valence-electron chi connectivity index (χ2n) is 10.6. The maximum atomic E-state index is 5.11. The zero-order valence-corrected chi connectivity index (χ0v) is 18.6. The van der Waals surface area contributed by atoms with Crippen molar-refractivity contribution in [3.8, 4) is 0 Å². The largest absolute Gasteiger partial charge is 0.348 e. The fraction of sp³-hybridized carbons (Fsp3) is 0.667. The molecule has 0 spiro atoms. The van der Waals surface area contributed by atoms with E-state index in [1.54, 1.807) is 39.2 Å². The minimum atomic E-state index is 0.681. The summed E-state index contributed by atoms with van der Waals surface area (Å²) in [5, 5.41) is 0. The van der Waals surface area contributed by atoms with Crippen LogP contribution in [0, 0.1) is 0 Å². The van der Waals surface area contributed by atoms with E-state index in [-0.39, 0.29) is 0 Å². The Kier molecular flexibility index (Phi) is 4.22. The zero-order chi connectivity index (χ0) is 19.7. The highest BCUT2D eigenvalue weighted by atomic mass is 15.0. The molecule has 2 aromatic heterocycles. The van der Waals surface area contributed by atoms with E-state index in [2.05, 4.69) is 25.3 Å². The molecule has 3 heterocycles. The molecule has 0 bridgehead atoms. The molecule has 2 unspecified atom stereocenters. The second-order valence-corrected chi connectivity index (χ2v) is 10.6. The van der Waals surface area contributed by atoms with E-state index in [0.717, 1.165) is 5.92 Å². The van der Waals surface area contributed by atoms with Crippen LogP contribution in [0.5, 0.6) is 0 Å². The van der Waals surface area contributed by atoms with E-state index in [1.807, 2.05) is 0 Å². The Morgan fingerprint density at radius 1 is 0.828 bits per heavy atom. The van der Waals surface area contributed by atoms with Crippen molar-refractivity contribution in [1.29, 1.82) is 0 Å². The molecule has 0 aromatic carbocycles. The topological polar surface area (TPSA) is 17.8 Å². The van der Waals surface area contributed by atoms with Crippen LogP contribution in [-0.2, 0) is 45.1 Å². The first-order valence-corrected chi connectivity index (χ1v) is 12.4. The summed E-state index contributed by atoms with van der Waals surface area (Å²) >= 11 is 0. The van der Waals surface area contributed by atoms with Crippen molar-refractivity contribution in [3.05, 3.63) is 50.6 Å². The summed E-state index contributed by atoms with van der Waals surface area (Å²) in [7, 11) is 0. The first kappa shape index (κ1) is 18.2. The van der Waals surface area contributed by atoms with Gasteiger partial charge in [-0.1, -0.05) is 20.8 Å². The molecule has 4 aliphatic rings. The van der Waals surface area contributed by atoms with Gasteiger partial charge in [-0.15, -0.1) is 0 Å². The Hall–Kier alpha value is -1.57. The third-order valence-corrected chi connectivity index (χ3v) is 8.49. The predicted octanol–water partition coefficient (Wildman–Crippen LogP) is 6.15. The van der Waals surface area contributed by atoms with Gasteiger partial charge in [-0.05, 0) is 110 Å². The number of fused-ring (bicyclic) bond motifs is 5. The predicted molar refractivity (Wildman–Crippen MR) is 119 cm³/mol. The molecule has 2 nitrogen and oxygen atoms in total. The van der Waals surface area contributed by atoms with E-state index < -0.39 is 0 Å². The van der Waals surface area contributed by atoms with Gasteiger partial charge in [-0.3, -0.25) is 4.98 Å². The lowest BCUT2D eigenvalue weighted by Crippen LogP contribution is -2.12. The number of rotatable bonds is 4. The molecule has 6 rings (SSSR count). The van der Waals surface area contributed by atoms with Crippen molar-refractivity contribution in [1.82, 2.24) is 9.55 Å². The summed E-state index contributed by atoms with van der Waals surface area (Å²) in [6, 6.07) is 0. The Morgan fingerprint density at radius 3 is 2.24 bits per heavy atom. The highest BCUT2D eigenvalue weighted by molar-refractivity contribution is 5.49. The minimum absolute atomic E-state index is 0.681. The molecule has 154 valence electrons. The van der Waals surface area contributed by atoms with Gasteiger partial charge in [0.25, 0.3) is 0 Å². The summed E-state index contributed by atoms with van der Waals surface area (Å²) in [5.74, 6) is 2.13. The smallest absolute Gasteiger partial charge is 0.0442 e. The molecule has 2 atom stereocenters. The summed E-state index contributed by atoms with van der Waals surface area (Å²) in [4.78, 5) is 5.11. The van der Waals surface area contributed by atoms with Crippen molar-refractivity contribution in [2.45, 2.75) is 116 Å². The zero-order valence-electron chi connectivity index (χ0n) is 18.6. The van der Waals surface area contributed by atoms with E-state index in [9.17, 15) is 0 Å². The maximum Gasteiger partial charge on any atom is 0.0442 e. The summed E-state index contributed by atoms with van der Waals surface area (Å²) in [5.41, 5.74) is 15.0. The summed E-state index contributed by atoms with van der Waals surface area (Å²) < 4.78 is 2.77. The van der Waals surface area contributed by atoms with Crippen LogP contribution in [-0.4, -0.2) is 9.55 Å². The minimum Gasteiger partial charge on any atom is -0.348 e. The van der Waals surface area contributed by atoms with Gasteiger partial charge in [-0.2, -0.15) is 0 Å². The molecule has 0 radical (unpaired) electrons. The van der Waals surface area contributed by atoms with E-state index in [4.69, 9.17) is 4.98 Å². The van der Waals surface area contributed by atoms with Crippen LogP contribution >= 0.6 is 0 Å².